The van der Waals surface area contributed by atoms with Crippen LogP contribution in [0.1, 0.15) is 32.1 Å². The van der Waals surface area contributed by atoms with E-state index in [1.54, 1.807) is 0 Å². The van der Waals surface area contributed by atoms with Gasteiger partial charge in [0.25, 0.3) is 0 Å². The van der Waals surface area contributed by atoms with Crippen LogP contribution in [0.25, 0.3) is 0 Å². The lowest BCUT2D eigenvalue weighted by atomic mass is 9.86. The second-order valence-corrected chi connectivity index (χ2v) is 5.20. The lowest BCUT2D eigenvalue weighted by Crippen LogP contribution is -2.33. The van der Waals surface area contributed by atoms with E-state index in [0.717, 1.165) is 25.3 Å². The first-order chi connectivity index (χ1) is 9.40. The van der Waals surface area contributed by atoms with Crippen LogP contribution in [0.2, 0.25) is 0 Å². The van der Waals surface area contributed by atoms with Crippen molar-refractivity contribution in [1.82, 2.24) is 0 Å². The average molecular weight is 263 g/mol. The monoisotopic (exact) mass is 263 g/mol. The minimum Gasteiger partial charge on any atom is -0.494 e. The van der Waals surface area contributed by atoms with E-state index in [0.29, 0.717) is 18.6 Å². The molecule has 19 heavy (non-hydrogen) atoms. The molecule has 0 radical (unpaired) electrons. The summed E-state index contributed by atoms with van der Waals surface area (Å²) in [5.74, 6) is 1.49. The van der Waals surface area contributed by atoms with Crippen molar-refractivity contribution in [3.8, 4) is 5.75 Å². The van der Waals surface area contributed by atoms with E-state index in [1.807, 2.05) is 30.3 Å². The fraction of sp³-hybridized carbons (Fsp3) is 0.625. The van der Waals surface area contributed by atoms with Crippen molar-refractivity contribution in [2.75, 3.05) is 19.8 Å². The van der Waals surface area contributed by atoms with Gasteiger partial charge in [0.2, 0.25) is 0 Å². The summed E-state index contributed by atoms with van der Waals surface area (Å²) >= 11 is 0. The van der Waals surface area contributed by atoms with Crippen molar-refractivity contribution in [3.05, 3.63) is 30.3 Å². The molecule has 0 aromatic heterocycles. The summed E-state index contributed by atoms with van der Waals surface area (Å²) in [4.78, 5) is 0. The molecule has 1 aromatic carbocycles. The molecule has 0 heterocycles. The summed E-state index contributed by atoms with van der Waals surface area (Å²) in [6.45, 7) is 2.24. The first-order valence-corrected chi connectivity index (χ1v) is 7.39. The Morgan fingerprint density at radius 3 is 2.63 bits per heavy atom. The fourth-order valence-corrected chi connectivity index (χ4v) is 2.66. The van der Waals surface area contributed by atoms with E-state index in [4.69, 9.17) is 15.2 Å². The van der Waals surface area contributed by atoms with E-state index in [-0.39, 0.29) is 0 Å². The Morgan fingerprint density at radius 1 is 1.05 bits per heavy atom. The van der Waals surface area contributed by atoms with Gasteiger partial charge in [-0.3, -0.25) is 0 Å². The van der Waals surface area contributed by atoms with Crippen LogP contribution in [0.4, 0.5) is 0 Å². The van der Waals surface area contributed by atoms with E-state index in [1.165, 1.54) is 25.7 Å². The van der Waals surface area contributed by atoms with Crippen molar-refractivity contribution in [3.63, 3.8) is 0 Å². The van der Waals surface area contributed by atoms with Crippen LogP contribution in [0.5, 0.6) is 5.75 Å². The Kier molecular flexibility index (Phi) is 6.18. The minimum atomic E-state index is 0.371. The van der Waals surface area contributed by atoms with E-state index in [2.05, 4.69) is 0 Å². The molecule has 0 aliphatic heterocycles. The minimum absolute atomic E-state index is 0.371. The molecule has 2 unspecified atom stereocenters. The van der Waals surface area contributed by atoms with Crippen molar-refractivity contribution >= 4 is 0 Å². The summed E-state index contributed by atoms with van der Waals surface area (Å²) in [5.41, 5.74) is 5.80. The predicted molar refractivity (Wildman–Crippen MR) is 77.3 cm³/mol. The van der Waals surface area contributed by atoms with Gasteiger partial charge in [-0.2, -0.15) is 0 Å². The van der Waals surface area contributed by atoms with Gasteiger partial charge in [0.15, 0.2) is 0 Å². The van der Waals surface area contributed by atoms with Gasteiger partial charge in [0.05, 0.1) is 19.3 Å². The van der Waals surface area contributed by atoms with E-state index < -0.39 is 0 Å². The van der Waals surface area contributed by atoms with Crippen LogP contribution < -0.4 is 10.5 Å². The highest BCUT2D eigenvalue weighted by molar-refractivity contribution is 5.20. The second kappa shape index (κ2) is 8.18. The lowest BCUT2D eigenvalue weighted by Gasteiger charge is -2.30. The zero-order valence-corrected chi connectivity index (χ0v) is 11.6. The van der Waals surface area contributed by atoms with Crippen LogP contribution in [0.3, 0.4) is 0 Å². The number of rotatable bonds is 7. The van der Waals surface area contributed by atoms with Gasteiger partial charge >= 0.3 is 0 Å². The molecule has 0 saturated heterocycles. The van der Waals surface area contributed by atoms with E-state index in [9.17, 15) is 0 Å². The number of ether oxygens (including phenoxy) is 2. The molecule has 0 amide bonds. The molecule has 0 bridgehead atoms. The summed E-state index contributed by atoms with van der Waals surface area (Å²) < 4.78 is 11.6. The fourth-order valence-electron chi connectivity index (χ4n) is 2.66. The van der Waals surface area contributed by atoms with Crippen LogP contribution in [-0.2, 0) is 4.74 Å². The zero-order valence-electron chi connectivity index (χ0n) is 11.6. The highest BCUT2D eigenvalue weighted by Crippen LogP contribution is 2.26. The highest BCUT2D eigenvalue weighted by Gasteiger charge is 2.24. The van der Waals surface area contributed by atoms with Crippen LogP contribution >= 0.6 is 0 Å². The highest BCUT2D eigenvalue weighted by atomic mass is 16.5. The van der Waals surface area contributed by atoms with Crippen molar-refractivity contribution in [2.24, 2.45) is 11.7 Å². The van der Waals surface area contributed by atoms with Gasteiger partial charge < -0.3 is 15.2 Å². The number of benzene rings is 1. The molecule has 1 aromatic rings. The van der Waals surface area contributed by atoms with Gasteiger partial charge in [-0.15, -0.1) is 0 Å². The van der Waals surface area contributed by atoms with Crippen LogP contribution in [0.15, 0.2) is 30.3 Å². The molecule has 2 atom stereocenters. The second-order valence-electron chi connectivity index (χ2n) is 5.20. The molecule has 3 nitrogen and oxygen atoms in total. The number of para-hydroxylation sites is 1. The van der Waals surface area contributed by atoms with Crippen LogP contribution in [0, 0.1) is 5.92 Å². The van der Waals surface area contributed by atoms with Crippen LogP contribution in [-0.4, -0.2) is 25.9 Å². The third-order valence-electron chi connectivity index (χ3n) is 3.77. The molecule has 1 fully saturated rings. The van der Waals surface area contributed by atoms with Gasteiger partial charge in [0, 0.05) is 6.42 Å². The van der Waals surface area contributed by atoms with Gasteiger partial charge in [-0.1, -0.05) is 31.0 Å². The van der Waals surface area contributed by atoms with Crippen molar-refractivity contribution < 1.29 is 9.47 Å². The molecule has 0 spiro atoms. The third-order valence-corrected chi connectivity index (χ3v) is 3.77. The molecule has 2 rings (SSSR count). The molecule has 3 heteroatoms. The number of nitrogens with two attached hydrogens (primary N) is 1. The molecular weight excluding hydrogens is 238 g/mol. The maximum absolute atomic E-state index is 5.96. The lowest BCUT2D eigenvalue weighted by molar-refractivity contribution is -0.0120. The maximum Gasteiger partial charge on any atom is 0.119 e. The van der Waals surface area contributed by atoms with Crippen molar-refractivity contribution in [2.45, 2.75) is 38.2 Å². The molecule has 1 aliphatic rings. The standard InChI is InChI=1S/C16H25NO2/c17-13-14-7-4-5-10-16(14)19-12-6-11-18-15-8-2-1-3-9-15/h1-3,8-9,14,16H,4-7,10-13,17H2. The van der Waals surface area contributed by atoms with E-state index >= 15 is 0 Å². The maximum atomic E-state index is 5.96. The van der Waals surface area contributed by atoms with Gasteiger partial charge in [-0.05, 0) is 37.4 Å². The number of hydrogen-bond acceptors (Lipinski definition) is 3. The third kappa shape index (κ3) is 4.84. The smallest absolute Gasteiger partial charge is 0.119 e. The number of hydrogen-bond donors (Lipinski definition) is 1. The zero-order chi connectivity index (χ0) is 13.3. The molecule has 2 N–H and O–H groups in total. The Balaban J connectivity index is 1.58. The SMILES string of the molecule is NCC1CCCCC1OCCCOc1ccccc1. The summed E-state index contributed by atoms with van der Waals surface area (Å²) in [6.07, 6.45) is 6.28. The average Bonchev–Trinajstić information content (AvgIpc) is 2.48. The molecule has 1 saturated carbocycles. The Hall–Kier alpha value is -1.06. The quantitative estimate of drug-likeness (QED) is 0.769. The van der Waals surface area contributed by atoms with Gasteiger partial charge in [0.1, 0.15) is 5.75 Å². The molecule has 106 valence electrons. The van der Waals surface area contributed by atoms with Gasteiger partial charge in [-0.25, -0.2) is 0 Å². The van der Waals surface area contributed by atoms with Crippen molar-refractivity contribution in [1.29, 1.82) is 0 Å². The molecular formula is C16H25NO2. The largest absolute Gasteiger partial charge is 0.494 e. The summed E-state index contributed by atoms with van der Waals surface area (Å²) in [6, 6.07) is 9.92. The Bertz CT molecular complexity index is 342. The predicted octanol–water partition coefficient (Wildman–Crippen LogP) is 2.99. The summed E-state index contributed by atoms with van der Waals surface area (Å²) in [7, 11) is 0. The topological polar surface area (TPSA) is 44.5 Å². The first kappa shape index (κ1) is 14.4. The Labute approximate surface area is 116 Å². The normalized spacial score (nSPS) is 23.2. The molecule has 1 aliphatic carbocycles. The first-order valence-electron chi connectivity index (χ1n) is 7.39. The summed E-state index contributed by atoms with van der Waals surface area (Å²) in [5, 5.41) is 0. The Morgan fingerprint density at radius 2 is 1.84 bits per heavy atom.